The molecule has 5 heteroatoms. The Morgan fingerprint density at radius 1 is 1.44 bits per heavy atom. The van der Waals surface area contributed by atoms with Crippen LogP contribution in [0, 0.1) is 0 Å². The molecule has 0 aromatic carbocycles. The Hall–Kier alpha value is -1.07. The third-order valence-corrected chi connectivity index (χ3v) is 3.82. The van der Waals surface area contributed by atoms with Crippen LogP contribution in [0.15, 0.2) is 6.20 Å². The molecule has 0 radical (unpaired) electrons. The number of nitrogens with one attached hydrogen (secondary N) is 1. The molecule has 0 spiro atoms. The van der Waals surface area contributed by atoms with E-state index in [1.54, 1.807) is 0 Å². The molecule has 0 amide bonds. The lowest BCUT2D eigenvalue weighted by Gasteiger charge is -2.20. The molecule has 1 aromatic rings. The van der Waals surface area contributed by atoms with Gasteiger partial charge in [0.1, 0.15) is 0 Å². The van der Waals surface area contributed by atoms with Crippen molar-refractivity contribution in [1.82, 2.24) is 19.8 Å². The molecular formula is C13H25N5. The van der Waals surface area contributed by atoms with Crippen molar-refractivity contribution in [3.63, 3.8) is 0 Å². The summed E-state index contributed by atoms with van der Waals surface area (Å²) in [5.41, 5.74) is 1.24. The van der Waals surface area contributed by atoms with E-state index >= 15 is 0 Å². The van der Waals surface area contributed by atoms with E-state index in [0.717, 1.165) is 19.0 Å². The van der Waals surface area contributed by atoms with Crippen LogP contribution in [0.1, 0.15) is 18.5 Å². The van der Waals surface area contributed by atoms with Crippen LogP contribution in [0.25, 0.3) is 0 Å². The summed E-state index contributed by atoms with van der Waals surface area (Å²) in [6, 6.07) is 0.701. The normalized spacial score (nSPS) is 20.6. The van der Waals surface area contributed by atoms with Crippen LogP contribution in [0.4, 0.5) is 5.95 Å². The molecule has 102 valence electrons. The minimum Gasteiger partial charge on any atom is -0.348 e. The highest BCUT2D eigenvalue weighted by atomic mass is 15.3. The summed E-state index contributed by atoms with van der Waals surface area (Å²) in [6.45, 7) is 3.20. The zero-order valence-corrected chi connectivity index (χ0v) is 12.0. The molecular weight excluding hydrogens is 226 g/mol. The van der Waals surface area contributed by atoms with Crippen molar-refractivity contribution in [3.8, 4) is 0 Å². The molecule has 0 bridgehead atoms. The number of aromatic nitrogens is 2. The van der Waals surface area contributed by atoms with Crippen molar-refractivity contribution in [1.29, 1.82) is 0 Å². The van der Waals surface area contributed by atoms with Gasteiger partial charge in [0.05, 0.1) is 11.9 Å². The van der Waals surface area contributed by atoms with Gasteiger partial charge in [-0.3, -0.25) is 0 Å². The average Bonchev–Trinajstić information content (AvgIpc) is 2.87. The Balaban J connectivity index is 1.83. The Bertz CT molecular complexity index is 385. The number of anilines is 1. The standard InChI is InChI=1S/C13H25N5/c1-16(2)13-15-10-12(18(13)4)9-14-8-11-6-5-7-17(11)3/h10-11,14H,5-9H2,1-4H3. The zero-order valence-electron chi connectivity index (χ0n) is 12.0. The van der Waals surface area contributed by atoms with E-state index in [1.807, 2.05) is 25.2 Å². The molecule has 1 saturated heterocycles. The molecule has 1 unspecified atom stereocenters. The fourth-order valence-corrected chi connectivity index (χ4v) is 2.62. The largest absolute Gasteiger partial charge is 0.348 e. The summed E-state index contributed by atoms with van der Waals surface area (Å²) in [5, 5.41) is 3.55. The lowest BCUT2D eigenvalue weighted by molar-refractivity contribution is 0.299. The number of likely N-dealkylation sites (N-methyl/N-ethyl adjacent to an activating group) is 1. The van der Waals surface area contributed by atoms with Crippen molar-refractivity contribution >= 4 is 5.95 Å². The quantitative estimate of drug-likeness (QED) is 0.834. The van der Waals surface area contributed by atoms with E-state index < -0.39 is 0 Å². The molecule has 2 heterocycles. The summed E-state index contributed by atoms with van der Waals surface area (Å²) in [4.78, 5) is 8.90. The Morgan fingerprint density at radius 3 is 2.78 bits per heavy atom. The monoisotopic (exact) mass is 251 g/mol. The van der Waals surface area contributed by atoms with Crippen LogP contribution in [0.5, 0.6) is 0 Å². The molecule has 5 nitrogen and oxygen atoms in total. The summed E-state index contributed by atoms with van der Waals surface area (Å²) in [6.07, 6.45) is 4.61. The highest BCUT2D eigenvalue weighted by Crippen LogP contribution is 2.14. The minimum atomic E-state index is 0.701. The smallest absolute Gasteiger partial charge is 0.204 e. The first-order valence-electron chi connectivity index (χ1n) is 6.68. The SMILES string of the molecule is CN(C)c1ncc(CNCC2CCCN2C)n1C. The van der Waals surface area contributed by atoms with Crippen LogP contribution in [0.3, 0.4) is 0 Å². The highest BCUT2D eigenvalue weighted by molar-refractivity contribution is 5.30. The molecule has 1 aliphatic heterocycles. The molecule has 1 aliphatic rings. The molecule has 0 saturated carbocycles. The molecule has 1 fully saturated rings. The molecule has 1 atom stereocenters. The number of hydrogen-bond donors (Lipinski definition) is 1. The second-order valence-corrected chi connectivity index (χ2v) is 5.41. The third-order valence-electron chi connectivity index (χ3n) is 3.82. The van der Waals surface area contributed by atoms with Crippen LogP contribution < -0.4 is 10.2 Å². The van der Waals surface area contributed by atoms with Crippen molar-refractivity contribution < 1.29 is 0 Å². The molecule has 2 rings (SSSR count). The first kappa shape index (κ1) is 13.4. The van der Waals surface area contributed by atoms with E-state index in [2.05, 4.69) is 33.9 Å². The van der Waals surface area contributed by atoms with Gasteiger partial charge in [0.25, 0.3) is 0 Å². The fourth-order valence-electron chi connectivity index (χ4n) is 2.62. The predicted molar refractivity (Wildman–Crippen MR) is 74.9 cm³/mol. The predicted octanol–water partition coefficient (Wildman–Crippen LogP) is 0.670. The van der Waals surface area contributed by atoms with Gasteiger partial charge in [0.2, 0.25) is 5.95 Å². The van der Waals surface area contributed by atoms with E-state index in [4.69, 9.17) is 0 Å². The van der Waals surface area contributed by atoms with Gasteiger partial charge in [-0.05, 0) is 26.4 Å². The molecule has 1 N–H and O–H groups in total. The van der Waals surface area contributed by atoms with Crippen molar-refractivity contribution in [2.24, 2.45) is 7.05 Å². The number of imidazole rings is 1. The Morgan fingerprint density at radius 2 is 2.22 bits per heavy atom. The van der Waals surface area contributed by atoms with Crippen LogP contribution >= 0.6 is 0 Å². The van der Waals surface area contributed by atoms with E-state index in [0.29, 0.717) is 6.04 Å². The summed E-state index contributed by atoms with van der Waals surface area (Å²) in [5.74, 6) is 1.00. The van der Waals surface area contributed by atoms with Crippen molar-refractivity contribution in [2.45, 2.75) is 25.4 Å². The van der Waals surface area contributed by atoms with Gasteiger partial charge in [-0.1, -0.05) is 0 Å². The van der Waals surface area contributed by atoms with Gasteiger partial charge in [-0.2, -0.15) is 0 Å². The highest BCUT2D eigenvalue weighted by Gasteiger charge is 2.20. The maximum atomic E-state index is 4.42. The van der Waals surface area contributed by atoms with Gasteiger partial charge in [-0.25, -0.2) is 4.98 Å². The second kappa shape index (κ2) is 5.71. The number of rotatable bonds is 5. The average molecular weight is 251 g/mol. The maximum absolute atomic E-state index is 4.42. The van der Waals surface area contributed by atoms with Crippen LogP contribution in [-0.4, -0.2) is 54.7 Å². The number of hydrogen-bond acceptors (Lipinski definition) is 4. The summed E-state index contributed by atoms with van der Waals surface area (Å²) < 4.78 is 2.14. The van der Waals surface area contributed by atoms with Gasteiger partial charge in [0.15, 0.2) is 0 Å². The van der Waals surface area contributed by atoms with Crippen LogP contribution in [-0.2, 0) is 13.6 Å². The lowest BCUT2D eigenvalue weighted by atomic mass is 10.2. The molecule has 18 heavy (non-hydrogen) atoms. The zero-order chi connectivity index (χ0) is 13.1. The van der Waals surface area contributed by atoms with Gasteiger partial charge < -0.3 is 19.7 Å². The molecule has 0 aliphatic carbocycles. The molecule has 1 aromatic heterocycles. The topological polar surface area (TPSA) is 36.3 Å². The van der Waals surface area contributed by atoms with Gasteiger partial charge in [-0.15, -0.1) is 0 Å². The summed E-state index contributed by atoms with van der Waals surface area (Å²) in [7, 11) is 8.33. The second-order valence-electron chi connectivity index (χ2n) is 5.41. The summed E-state index contributed by atoms with van der Waals surface area (Å²) >= 11 is 0. The van der Waals surface area contributed by atoms with E-state index in [1.165, 1.54) is 25.1 Å². The van der Waals surface area contributed by atoms with Gasteiger partial charge in [0, 0.05) is 40.3 Å². The number of likely N-dealkylation sites (tertiary alicyclic amines) is 1. The first-order chi connectivity index (χ1) is 8.59. The van der Waals surface area contributed by atoms with Gasteiger partial charge >= 0.3 is 0 Å². The lowest BCUT2D eigenvalue weighted by Crippen LogP contribution is -2.35. The van der Waals surface area contributed by atoms with Crippen molar-refractivity contribution in [3.05, 3.63) is 11.9 Å². The Kier molecular flexibility index (Phi) is 4.24. The van der Waals surface area contributed by atoms with E-state index in [9.17, 15) is 0 Å². The minimum absolute atomic E-state index is 0.701. The first-order valence-corrected chi connectivity index (χ1v) is 6.68. The maximum Gasteiger partial charge on any atom is 0.204 e. The Labute approximate surface area is 110 Å². The van der Waals surface area contributed by atoms with Crippen LogP contribution in [0.2, 0.25) is 0 Å². The van der Waals surface area contributed by atoms with E-state index in [-0.39, 0.29) is 0 Å². The fraction of sp³-hybridized carbons (Fsp3) is 0.769. The third kappa shape index (κ3) is 2.84. The van der Waals surface area contributed by atoms with Crippen molar-refractivity contribution in [2.75, 3.05) is 39.1 Å². The number of nitrogens with zero attached hydrogens (tertiary/aromatic N) is 4.